The van der Waals surface area contributed by atoms with Gasteiger partial charge in [0.05, 0.1) is 22.1 Å². The molecule has 244 valence electrons. The molecule has 0 radical (unpaired) electrons. The SMILES string of the molecule is c1cc(-c2ccc3c(c2)c2c(ccc4cccnc42)c2nc4ccccc4n32)cc(-c2cc3c4ccccc4c4ccccc4c3c3ccccc23)c1. The predicted octanol–water partition coefficient (Wildman–Crippen LogP) is 13.3. The summed E-state index contributed by atoms with van der Waals surface area (Å²) in [6, 6.07) is 61.9. The molecule has 0 aliphatic carbocycles. The van der Waals surface area contributed by atoms with Crippen molar-refractivity contribution in [3.8, 4) is 22.3 Å². The molecule has 0 aliphatic rings. The van der Waals surface area contributed by atoms with Crippen molar-refractivity contribution in [2.45, 2.75) is 0 Å². The summed E-state index contributed by atoms with van der Waals surface area (Å²) in [5.74, 6) is 0. The number of pyridine rings is 2. The number of para-hydroxylation sites is 2. The summed E-state index contributed by atoms with van der Waals surface area (Å²) in [4.78, 5) is 10.1. The van der Waals surface area contributed by atoms with Crippen LogP contribution >= 0.6 is 0 Å². The molecule has 0 saturated carbocycles. The van der Waals surface area contributed by atoms with Crippen molar-refractivity contribution in [1.82, 2.24) is 14.4 Å². The minimum Gasteiger partial charge on any atom is -0.292 e. The Morgan fingerprint density at radius 3 is 1.91 bits per heavy atom. The molecule has 0 N–H and O–H groups in total. The van der Waals surface area contributed by atoms with E-state index >= 15 is 0 Å². The number of aromatic nitrogens is 3. The van der Waals surface area contributed by atoms with Crippen LogP contribution in [-0.2, 0) is 0 Å². The maximum absolute atomic E-state index is 5.14. The molecule has 53 heavy (non-hydrogen) atoms. The van der Waals surface area contributed by atoms with Crippen LogP contribution in [0.4, 0.5) is 0 Å². The number of imidazole rings is 1. The molecule has 0 aliphatic heterocycles. The van der Waals surface area contributed by atoms with Gasteiger partial charge in [-0.05, 0) is 114 Å². The van der Waals surface area contributed by atoms with Crippen LogP contribution in [0, 0.1) is 0 Å². The second kappa shape index (κ2) is 10.7. The van der Waals surface area contributed by atoms with Crippen molar-refractivity contribution in [3.63, 3.8) is 0 Å². The Morgan fingerprint density at radius 2 is 1.06 bits per heavy atom. The van der Waals surface area contributed by atoms with E-state index in [0.717, 1.165) is 49.3 Å². The molecule has 0 unspecified atom stereocenters. The number of hydrogen-bond donors (Lipinski definition) is 0. The first-order chi connectivity index (χ1) is 26.3. The largest absolute Gasteiger partial charge is 0.292 e. The molecule has 3 heterocycles. The molecular weight excluding hydrogens is 643 g/mol. The zero-order valence-corrected chi connectivity index (χ0v) is 28.6. The van der Waals surface area contributed by atoms with Gasteiger partial charge in [0.1, 0.15) is 5.65 Å². The third-order valence-corrected chi connectivity index (χ3v) is 11.3. The molecule has 3 heteroatoms. The molecule has 3 aromatic heterocycles. The van der Waals surface area contributed by atoms with Gasteiger partial charge in [-0.15, -0.1) is 0 Å². The minimum absolute atomic E-state index is 0.958. The topological polar surface area (TPSA) is 30.2 Å². The molecule has 0 saturated heterocycles. The van der Waals surface area contributed by atoms with E-state index < -0.39 is 0 Å². The molecular formula is C50H29N3. The van der Waals surface area contributed by atoms with Gasteiger partial charge in [0.15, 0.2) is 0 Å². The minimum atomic E-state index is 0.958. The summed E-state index contributed by atoms with van der Waals surface area (Å²) in [6.45, 7) is 0. The van der Waals surface area contributed by atoms with E-state index in [1.807, 2.05) is 12.3 Å². The summed E-state index contributed by atoms with van der Waals surface area (Å²) in [6.07, 6.45) is 1.90. The van der Waals surface area contributed by atoms with E-state index in [4.69, 9.17) is 9.97 Å². The predicted molar refractivity (Wildman–Crippen MR) is 224 cm³/mol. The van der Waals surface area contributed by atoms with Gasteiger partial charge in [-0.25, -0.2) is 4.98 Å². The Bertz CT molecular complexity index is 3520. The zero-order valence-electron chi connectivity index (χ0n) is 28.6. The summed E-state index contributed by atoms with van der Waals surface area (Å²) in [5, 5.41) is 14.8. The first kappa shape index (κ1) is 28.6. The van der Waals surface area contributed by atoms with E-state index in [0.29, 0.717) is 0 Å². The molecule has 0 atom stereocenters. The fourth-order valence-electron chi connectivity index (χ4n) is 9.04. The molecule has 0 fully saturated rings. The summed E-state index contributed by atoms with van der Waals surface area (Å²) in [5.41, 5.74) is 9.95. The number of fused-ring (bicyclic) bond motifs is 18. The second-order valence-electron chi connectivity index (χ2n) is 14.1. The molecule has 3 nitrogen and oxygen atoms in total. The van der Waals surface area contributed by atoms with Crippen LogP contribution in [-0.4, -0.2) is 14.4 Å². The average molecular weight is 672 g/mol. The quantitative estimate of drug-likeness (QED) is 0.171. The summed E-state index contributed by atoms with van der Waals surface area (Å²) >= 11 is 0. The Balaban J connectivity index is 1.14. The van der Waals surface area contributed by atoms with Crippen LogP contribution in [0.15, 0.2) is 176 Å². The Labute approximate surface area is 304 Å². The van der Waals surface area contributed by atoms with Gasteiger partial charge in [0.25, 0.3) is 0 Å². The van der Waals surface area contributed by atoms with Crippen molar-refractivity contribution in [1.29, 1.82) is 0 Å². The van der Waals surface area contributed by atoms with Crippen LogP contribution in [0.5, 0.6) is 0 Å². The molecule has 0 amide bonds. The van der Waals surface area contributed by atoms with Gasteiger partial charge in [-0.1, -0.05) is 121 Å². The van der Waals surface area contributed by atoms with Gasteiger partial charge in [0.2, 0.25) is 0 Å². The van der Waals surface area contributed by atoms with Gasteiger partial charge >= 0.3 is 0 Å². The summed E-state index contributed by atoms with van der Waals surface area (Å²) < 4.78 is 2.32. The van der Waals surface area contributed by atoms with Crippen molar-refractivity contribution < 1.29 is 0 Å². The Morgan fingerprint density at radius 1 is 0.377 bits per heavy atom. The highest BCUT2D eigenvalue weighted by molar-refractivity contribution is 6.33. The maximum Gasteiger partial charge on any atom is 0.146 e. The zero-order chi connectivity index (χ0) is 34.6. The number of nitrogens with zero attached hydrogens (tertiary/aromatic N) is 3. The van der Waals surface area contributed by atoms with Gasteiger partial charge in [0, 0.05) is 27.7 Å². The molecule has 9 aromatic carbocycles. The van der Waals surface area contributed by atoms with E-state index in [9.17, 15) is 0 Å². The molecule has 0 bridgehead atoms. The van der Waals surface area contributed by atoms with Crippen molar-refractivity contribution >= 4 is 92.3 Å². The maximum atomic E-state index is 5.14. The first-order valence-corrected chi connectivity index (χ1v) is 18.2. The van der Waals surface area contributed by atoms with Crippen molar-refractivity contribution in [2.75, 3.05) is 0 Å². The highest BCUT2D eigenvalue weighted by Crippen LogP contribution is 2.44. The molecule has 0 spiro atoms. The van der Waals surface area contributed by atoms with E-state index in [1.165, 1.54) is 65.3 Å². The van der Waals surface area contributed by atoms with Crippen molar-refractivity contribution in [3.05, 3.63) is 176 Å². The smallest absolute Gasteiger partial charge is 0.146 e. The number of benzene rings is 9. The lowest BCUT2D eigenvalue weighted by atomic mass is 9.87. The number of hydrogen-bond acceptors (Lipinski definition) is 2. The standard InChI is InChI=1S/C50H29N3/c1-2-16-36-34(14-1)35-15-3-5-18-38(35)47-39-19-6-4-17-37(39)41(29-42(36)47)33-12-9-11-31(27-33)32-23-25-45-43(28-32)48-40(24-22-30-13-10-26-51-49(30)48)50-52-44-20-7-8-21-46(44)53(45)50/h1-29H. The highest BCUT2D eigenvalue weighted by atomic mass is 15.0. The lowest BCUT2D eigenvalue weighted by Gasteiger charge is -2.17. The third-order valence-electron chi connectivity index (χ3n) is 11.3. The van der Waals surface area contributed by atoms with Gasteiger partial charge in [-0.3, -0.25) is 9.38 Å². The Hall–Kier alpha value is -7.10. The van der Waals surface area contributed by atoms with Crippen molar-refractivity contribution in [2.24, 2.45) is 0 Å². The van der Waals surface area contributed by atoms with Crippen LogP contribution < -0.4 is 0 Å². The lowest BCUT2D eigenvalue weighted by molar-refractivity contribution is 1.31. The normalized spacial score (nSPS) is 12.2. The fraction of sp³-hybridized carbons (Fsp3) is 0. The van der Waals surface area contributed by atoms with Crippen LogP contribution in [0.1, 0.15) is 0 Å². The fourth-order valence-corrected chi connectivity index (χ4v) is 9.04. The van der Waals surface area contributed by atoms with Crippen LogP contribution in [0.25, 0.3) is 115 Å². The third kappa shape index (κ3) is 3.99. The van der Waals surface area contributed by atoms with Gasteiger partial charge in [-0.2, -0.15) is 0 Å². The number of rotatable bonds is 2. The lowest BCUT2D eigenvalue weighted by Crippen LogP contribution is -1.94. The van der Waals surface area contributed by atoms with Gasteiger partial charge < -0.3 is 0 Å². The van der Waals surface area contributed by atoms with Crippen LogP contribution in [0.2, 0.25) is 0 Å². The van der Waals surface area contributed by atoms with E-state index in [-0.39, 0.29) is 0 Å². The van der Waals surface area contributed by atoms with E-state index in [1.54, 1.807) is 0 Å². The second-order valence-corrected chi connectivity index (χ2v) is 14.1. The molecule has 12 aromatic rings. The van der Waals surface area contributed by atoms with E-state index in [2.05, 4.69) is 168 Å². The molecule has 12 rings (SSSR count). The summed E-state index contributed by atoms with van der Waals surface area (Å²) in [7, 11) is 0. The Kier molecular flexibility index (Phi) is 5.77. The van der Waals surface area contributed by atoms with Crippen LogP contribution in [0.3, 0.4) is 0 Å². The first-order valence-electron chi connectivity index (χ1n) is 18.2. The average Bonchev–Trinajstić information content (AvgIpc) is 3.63. The highest BCUT2D eigenvalue weighted by Gasteiger charge is 2.18. The monoisotopic (exact) mass is 671 g/mol.